The molecule has 1 N–H and O–H groups in total. The average molecular weight is 405 g/mol. The van der Waals surface area contributed by atoms with Crippen LogP contribution in [0.5, 0.6) is 11.5 Å². The standard InChI is InChI=1S/C24H27N3O3/c1-3-30-22-11-8-20(9-12-22)26-24(28)19(17-25)15-18-7-10-21(16-23(18)29-2)27-13-5-4-6-14-27/h7-12,15-16H,3-6,13-14H2,1-2H3,(H,26,28)/b19-15-. The van der Waals surface area contributed by atoms with Crippen LogP contribution in [0.15, 0.2) is 48.0 Å². The van der Waals surface area contributed by atoms with E-state index in [4.69, 9.17) is 9.47 Å². The summed E-state index contributed by atoms with van der Waals surface area (Å²) >= 11 is 0. The molecule has 0 aromatic heterocycles. The molecule has 0 saturated carbocycles. The number of nitriles is 1. The van der Waals surface area contributed by atoms with Crippen LogP contribution in [0.2, 0.25) is 0 Å². The highest BCUT2D eigenvalue weighted by Gasteiger charge is 2.15. The summed E-state index contributed by atoms with van der Waals surface area (Å²) in [6.45, 7) is 4.55. The van der Waals surface area contributed by atoms with Crippen LogP contribution >= 0.6 is 0 Å². The minimum absolute atomic E-state index is 0.00732. The molecule has 1 heterocycles. The second-order valence-corrected chi connectivity index (χ2v) is 7.06. The number of nitrogens with one attached hydrogen (secondary N) is 1. The van der Waals surface area contributed by atoms with Gasteiger partial charge in [0.15, 0.2) is 0 Å². The van der Waals surface area contributed by atoms with Crippen molar-refractivity contribution in [2.75, 3.05) is 37.0 Å². The van der Waals surface area contributed by atoms with Crippen LogP contribution in [0.1, 0.15) is 31.7 Å². The second-order valence-electron chi connectivity index (χ2n) is 7.06. The van der Waals surface area contributed by atoms with E-state index in [9.17, 15) is 10.1 Å². The van der Waals surface area contributed by atoms with Crippen molar-refractivity contribution >= 4 is 23.4 Å². The molecule has 1 fully saturated rings. The largest absolute Gasteiger partial charge is 0.496 e. The van der Waals surface area contributed by atoms with Gasteiger partial charge in [-0.25, -0.2) is 0 Å². The Kier molecular flexibility index (Phi) is 7.34. The molecule has 0 unspecified atom stereocenters. The number of nitrogens with zero attached hydrogens (tertiary/aromatic N) is 2. The number of rotatable bonds is 7. The predicted molar refractivity (Wildman–Crippen MR) is 119 cm³/mol. The Morgan fingerprint density at radius 3 is 2.53 bits per heavy atom. The minimum atomic E-state index is -0.469. The van der Waals surface area contributed by atoms with E-state index in [1.165, 1.54) is 19.3 Å². The van der Waals surface area contributed by atoms with Gasteiger partial charge in [0.1, 0.15) is 23.1 Å². The summed E-state index contributed by atoms with van der Waals surface area (Å²) in [7, 11) is 1.60. The third kappa shape index (κ3) is 5.32. The summed E-state index contributed by atoms with van der Waals surface area (Å²) in [5.41, 5.74) is 2.39. The Morgan fingerprint density at radius 1 is 1.17 bits per heavy atom. The molecule has 0 aliphatic carbocycles. The smallest absolute Gasteiger partial charge is 0.266 e. The fraction of sp³-hybridized carbons (Fsp3) is 0.333. The predicted octanol–water partition coefficient (Wildman–Crippen LogP) is 4.63. The topological polar surface area (TPSA) is 74.6 Å². The maximum absolute atomic E-state index is 12.6. The summed E-state index contributed by atoms with van der Waals surface area (Å²) in [5.74, 6) is 0.897. The zero-order valence-corrected chi connectivity index (χ0v) is 17.5. The fourth-order valence-corrected chi connectivity index (χ4v) is 3.47. The maximum atomic E-state index is 12.6. The van der Waals surface area contributed by atoms with Crippen LogP contribution in [0, 0.1) is 11.3 Å². The maximum Gasteiger partial charge on any atom is 0.266 e. The van der Waals surface area contributed by atoms with Crippen molar-refractivity contribution in [3.8, 4) is 17.6 Å². The van der Waals surface area contributed by atoms with E-state index in [0.717, 1.165) is 24.5 Å². The normalized spacial score (nSPS) is 14.0. The third-order valence-electron chi connectivity index (χ3n) is 5.03. The number of hydrogen-bond acceptors (Lipinski definition) is 5. The van der Waals surface area contributed by atoms with Crippen molar-refractivity contribution in [2.45, 2.75) is 26.2 Å². The monoisotopic (exact) mass is 405 g/mol. The second kappa shape index (κ2) is 10.4. The molecule has 1 aliphatic heterocycles. The van der Waals surface area contributed by atoms with Crippen molar-refractivity contribution < 1.29 is 14.3 Å². The van der Waals surface area contributed by atoms with Gasteiger partial charge in [-0.3, -0.25) is 4.79 Å². The first kappa shape index (κ1) is 21.3. The molecule has 30 heavy (non-hydrogen) atoms. The first-order chi connectivity index (χ1) is 14.6. The number of carbonyl (C=O) groups excluding carboxylic acids is 1. The van der Waals surface area contributed by atoms with Crippen LogP contribution in [-0.4, -0.2) is 32.7 Å². The zero-order valence-electron chi connectivity index (χ0n) is 17.5. The van der Waals surface area contributed by atoms with E-state index in [1.807, 2.05) is 31.2 Å². The minimum Gasteiger partial charge on any atom is -0.496 e. The van der Waals surface area contributed by atoms with Gasteiger partial charge in [-0.15, -0.1) is 0 Å². The number of carbonyl (C=O) groups is 1. The number of benzene rings is 2. The van der Waals surface area contributed by atoms with E-state index in [-0.39, 0.29) is 5.57 Å². The number of amides is 1. The SMILES string of the molecule is CCOc1ccc(NC(=O)/C(C#N)=C\c2ccc(N3CCCCC3)cc2OC)cc1. The van der Waals surface area contributed by atoms with Gasteiger partial charge >= 0.3 is 0 Å². The summed E-state index contributed by atoms with van der Waals surface area (Å²) in [4.78, 5) is 14.9. The lowest BCUT2D eigenvalue weighted by Crippen LogP contribution is -2.29. The van der Waals surface area contributed by atoms with Gasteiger partial charge in [-0.2, -0.15) is 5.26 Å². The lowest BCUT2D eigenvalue weighted by molar-refractivity contribution is -0.112. The number of anilines is 2. The average Bonchev–Trinajstić information content (AvgIpc) is 2.79. The van der Waals surface area contributed by atoms with Gasteiger partial charge < -0.3 is 19.7 Å². The molecule has 2 aromatic rings. The highest BCUT2D eigenvalue weighted by molar-refractivity contribution is 6.09. The fourth-order valence-electron chi connectivity index (χ4n) is 3.47. The molecule has 0 atom stereocenters. The zero-order chi connectivity index (χ0) is 21.3. The van der Waals surface area contributed by atoms with Crippen LogP contribution in [0.25, 0.3) is 6.08 Å². The number of ether oxygens (including phenoxy) is 2. The molecule has 3 rings (SSSR count). The molecule has 6 nitrogen and oxygen atoms in total. The van der Waals surface area contributed by atoms with Gasteiger partial charge in [0.25, 0.3) is 5.91 Å². The van der Waals surface area contributed by atoms with E-state index in [1.54, 1.807) is 37.5 Å². The van der Waals surface area contributed by atoms with E-state index in [0.29, 0.717) is 23.6 Å². The van der Waals surface area contributed by atoms with Crippen molar-refractivity contribution in [2.24, 2.45) is 0 Å². The molecule has 0 radical (unpaired) electrons. The van der Waals surface area contributed by atoms with Crippen molar-refractivity contribution in [1.82, 2.24) is 0 Å². The van der Waals surface area contributed by atoms with Crippen LogP contribution < -0.4 is 19.7 Å². The molecule has 1 amide bonds. The van der Waals surface area contributed by atoms with Gasteiger partial charge in [0, 0.05) is 36.1 Å². The summed E-state index contributed by atoms with van der Waals surface area (Å²) in [6.07, 6.45) is 5.20. The molecule has 6 heteroatoms. The third-order valence-corrected chi connectivity index (χ3v) is 5.03. The van der Waals surface area contributed by atoms with Crippen molar-refractivity contribution in [1.29, 1.82) is 5.26 Å². The quantitative estimate of drug-likeness (QED) is 0.537. The molecule has 1 saturated heterocycles. The molecule has 2 aromatic carbocycles. The highest BCUT2D eigenvalue weighted by Crippen LogP contribution is 2.29. The molecule has 1 aliphatic rings. The van der Waals surface area contributed by atoms with Gasteiger partial charge in [0.2, 0.25) is 0 Å². The summed E-state index contributed by atoms with van der Waals surface area (Å²) in [5, 5.41) is 12.3. The lowest BCUT2D eigenvalue weighted by atomic mass is 10.1. The Balaban J connectivity index is 1.77. The Morgan fingerprint density at radius 2 is 1.90 bits per heavy atom. The Labute approximate surface area is 177 Å². The summed E-state index contributed by atoms with van der Waals surface area (Å²) < 4.78 is 10.9. The highest BCUT2D eigenvalue weighted by atomic mass is 16.5. The number of piperidine rings is 1. The molecular weight excluding hydrogens is 378 g/mol. The number of methoxy groups -OCH3 is 1. The molecular formula is C24H27N3O3. The van der Waals surface area contributed by atoms with E-state index in [2.05, 4.69) is 10.2 Å². The van der Waals surface area contributed by atoms with Crippen molar-refractivity contribution in [3.05, 3.63) is 53.6 Å². The van der Waals surface area contributed by atoms with E-state index < -0.39 is 5.91 Å². The number of hydrogen-bond donors (Lipinski definition) is 1. The van der Waals surface area contributed by atoms with Gasteiger partial charge in [0.05, 0.1) is 13.7 Å². The van der Waals surface area contributed by atoms with Gasteiger partial charge in [-0.05, 0) is 68.7 Å². The lowest BCUT2D eigenvalue weighted by Gasteiger charge is -2.29. The Hall–Kier alpha value is -3.46. The molecule has 0 bridgehead atoms. The molecule has 156 valence electrons. The van der Waals surface area contributed by atoms with Crippen LogP contribution in [0.3, 0.4) is 0 Å². The first-order valence-corrected chi connectivity index (χ1v) is 10.2. The first-order valence-electron chi connectivity index (χ1n) is 10.2. The molecule has 0 spiro atoms. The summed E-state index contributed by atoms with van der Waals surface area (Å²) in [6, 6.07) is 14.9. The van der Waals surface area contributed by atoms with E-state index >= 15 is 0 Å². The van der Waals surface area contributed by atoms with Crippen LogP contribution in [0.4, 0.5) is 11.4 Å². The van der Waals surface area contributed by atoms with Crippen molar-refractivity contribution in [3.63, 3.8) is 0 Å². The van der Waals surface area contributed by atoms with Crippen LogP contribution in [-0.2, 0) is 4.79 Å². The van der Waals surface area contributed by atoms with Gasteiger partial charge in [-0.1, -0.05) is 0 Å². The Bertz CT molecular complexity index is 939.